The van der Waals surface area contributed by atoms with Crippen molar-refractivity contribution in [2.45, 2.75) is 31.8 Å². The lowest BCUT2D eigenvalue weighted by molar-refractivity contribution is 0.0515. The summed E-state index contributed by atoms with van der Waals surface area (Å²) in [6, 6.07) is 3.37. The maximum atomic E-state index is 12.9. The van der Waals surface area contributed by atoms with Gasteiger partial charge in [0.2, 0.25) is 10.0 Å². The SMILES string of the molecule is CCOC(=O)c1cc(S(=O)(=O)N2Cc3ccsc3C2)c(C)n1C. The third-order valence-electron chi connectivity index (χ3n) is 4.10. The second-order valence-corrected chi connectivity index (χ2v) is 8.31. The maximum Gasteiger partial charge on any atom is 0.354 e. The van der Waals surface area contributed by atoms with E-state index in [1.165, 1.54) is 10.4 Å². The number of carbonyl (C=O) groups excluding carboxylic acids is 1. The number of thiophene rings is 1. The summed E-state index contributed by atoms with van der Waals surface area (Å²) in [4.78, 5) is 13.2. The second-order valence-electron chi connectivity index (χ2n) is 5.40. The molecule has 3 heterocycles. The van der Waals surface area contributed by atoms with E-state index in [1.54, 1.807) is 36.8 Å². The quantitative estimate of drug-likeness (QED) is 0.790. The predicted molar refractivity (Wildman–Crippen MR) is 86.9 cm³/mol. The highest BCUT2D eigenvalue weighted by molar-refractivity contribution is 7.89. The van der Waals surface area contributed by atoms with Gasteiger partial charge >= 0.3 is 5.97 Å². The van der Waals surface area contributed by atoms with E-state index in [0.29, 0.717) is 18.8 Å². The Morgan fingerprint density at radius 1 is 1.39 bits per heavy atom. The number of sulfonamides is 1. The van der Waals surface area contributed by atoms with Gasteiger partial charge in [-0.2, -0.15) is 4.31 Å². The molecular formula is C15H18N2O4S2. The Hall–Kier alpha value is -1.64. The highest BCUT2D eigenvalue weighted by atomic mass is 32.2. The molecule has 0 atom stereocenters. The Morgan fingerprint density at radius 2 is 2.13 bits per heavy atom. The van der Waals surface area contributed by atoms with Gasteiger partial charge in [-0.15, -0.1) is 11.3 Å². The molecule has 0 saturated carbocycles. The summed E-state index contributed by atoms with van der Waals surface area (Å²) < 4.78 is 33.9. The summed E-state index contributed by atoms with van der Waals surface area (Å²) >= 11 is 1.57. The van der Waals surface area contributed by atoms with Crippen LogP contribution >= 0.6 is 11.3 Å². The van der Waals surface area contributed by atoms with Gasteiger partial charge in [0.1, 0.15) is 10.6 Å². The van der Waals surface area contributed by atoms with Crippen LogP contribution in [0.1, 0.15) is 33.5 Å². The van der Waals surface area contributed by atoms with Crippen molar-refractivity contribution in [3.63, 3.8) is 0 Å². The number of hydrogen-bond donors (Lipinski definition) is 0. The first-order chi connectivity index (χ1) is 10.9. The molecule has 23 heavy (non-hydrogen) atoms. The van der Waals surface area contributed by atoms with Gasteiger partial charge in [-0.05, 0) is 36.9 Å². The van der Waals surface area contributed by atoms with Gasteiger partial charge in [0.25, 0.3) is 0 Å². The first-order valence-corrected chi connectivity index (χ1v) is 9.57. The normalized spacial score (nSPS) is 14.9. The Morgan fingerprint density at radius 3 is 2.78 bits per heavy atom. The standard InChI is InChI=1S/C15H18N2O4S2/c1-4-21-15(18)12-7-14(10(2)16(12)3)23(19,20)17-8-11-5-6-22-13(11)9-17/h5-7H,4,8-9H2,1-3H3. The Bertz CT molecular complexity index is 844. The number of aromatic nitrogens is 1. The molecule has 0 N–H and O–H groups in total. The fourth-order valence-electron chi connectivity index (χ4n) is 2.70. The van der Waals surface area contributed by atoms with E-state index < -0.39 is 16.0 Å². The molecule has 0 aromatic carbocycles. The minimum absolute atomic E-state index is 0.165. The summed E-state index contributed by atoms with van der Waals surface area (Å²) in [7, 11) is -1.98. The molecule has 2 aromatic heterocycles. The van der Waals surface area contributed by atoms with Crippen molar-refractivity contribution in [1.82, 2.24) is 8.87 Å². The zero-order valence-corrected chi connectivity index (χ0v) is 14.8. The van der Waals surface area contributed by atoms with Gasteiger partial charge in [-0.3, -0.25) is 0 Å². The fraction of sp³-hybridized carbons (Fsp3) is 0.400. The average Bonchev–Trinajstić information content (AvgIpc) is 3.14. The predicted octanol–water partition coefficient (Wildman–Crippen LogP) is 2.28. The van der Waals surface area contributed by atoms with Gasteiger partial charge in [0.15, 0.2) is 0 Å². The van der Waals surface area contributed by atoms with Crippen molar-refractivity contribution in [2.75, 3.05) is 6.61 Å². The molecule has 6 nitrogen and oxygen atoms in total. The zero-order valence-electron chi connectivity index (χ0n) is 13.2. The number of rotatable bonds is 4. The number of esters is 1. The first kappa shape index (κ1) is 16.2. The Balaban J connectivity index is 1.96. The average molecular weight is 354 g/mol. The van der Waals surface area contributed by atoms with Crippen LogP contribution < -0.4 is 0 Å². The first-order valence-electron chi connectivity index (χ1n) is 7.25. The molecule has 8 heteroatoms. The van der Waals surface area contributed by atoms with E-state index in [0.717, 1.165) is 10.4 Å². The summed E-state index contributed by atoms with van der Waals surface area (Å²) in [6.07, 6.45) is 0. The minimum Gasteiger partial charge on any atom is -0.461 e. The highest BCUT2D eigenvalue weighted by Gasteiger charge is 2.34. The molecule has 124 valence electrons. The van der Waals surface area contributed by atoms with Crippen molar-refractivity contribution in [3.05, 3.63) is 39.3 Å². The summed E-state index contributed by atoms with van der Waals surface area (Å²) in [5.41, 5.74) is 1.83. The molecule has 0 radical (unpaired) electrons. The number of fused-ring (bicyclic) bond motifs is 1. The van der Waals surface area contributed by atoms with Crippen molar-refractivity contribution >= 4 is 27.3 Å². The lowest BCUT2D eigenvalue weighted by Gasteiger charge is -2.15. The largest absolute Gasteiger partial charge is 0.461 e. The Kier molecular flexibility index (Phi) is 4.07. The number of nitrogens with zero attached hydrogens (tertiary/aromatic N) is 2. The molecule has 0 amide bonds. The van der Waals surface area contributed by atoms with E-state index in [1.807, 2.05) is 11.4 Å². The molecule has 2 aromatic rings. The summed E-state index contributed by atoms with van der Waals surface area (Å²) in [5, 5.41) is 1.97. The Labute approximate surface area is 139 Å². The smallest absolute Gasteiger partial charge is 0.354 e. The zero-order chi connectivity index (χ0) is 16.8. The van der Waals surface area contributed by atoms with E-state index in [-0.39, 0.29) is 17.2 Å². The number of carbonyl (C=O) groups is 1. The van der Waals surface area contributed by atoms with Gasteiger partial charge in [0.05, 0.1) is 6.61 Å². The van der Waals surface area contributed by atoms with Crippen LogP contribution in [0.3, 0.4) is 0 Å². The number of hydrogen-bond acceptors (Lipinski definition) is 5. The topological polar surface area (TPSA) is 68.6 Å². The molecule has 0 fully saturated rings. The van der Waals surface area contributed by atoms with Crippen molar-refractivity contribution in [3.8, 4) is 0 Å². The van der Waals surface area contributed by atoms with Crippen LogP contribution in [0.25, 0.3) is 0 Å². The molecule has 0 unspecified atom stereocenters. The molecule has 1 aliphatic heterocycles. The minimum atomic E-state index is -3.65. The molecule has 3 rings (SSSR count). The third-order valence-corrected chi connectivity index (χ3v) is 6.95. The van der Waals surface area contributed by atoms with Gasteiger partial charge in [-0.1, -0.05) is 0 Å². The van der Waals surface area contributed by atoms with E-state index in [2.05, 4.69) is 0 Å². The molecule has 0 bridgehead atoms. The monoisotopic (exact) mass is 354 g/mol. The van der Waals surface area contributed by atoms with E-state index in [4.69, 9.17) is 4.74 Å². The second kappa shape index (κ2) is 5.77. The van der Waals surface area contributed by atoms with Crippen LogP contribution in [0.5, 0.6) is 0 Å². The van der Waals surface area contributed by atoms with E-state index >= 15 is 0 Å². The van der Waals surface area contributed by atoms with E-state index in [9.17, 15) is 13.2 Å². The van der Waals surface area contributed by atoms with Crippen molar-refractivity contribution in [2.24, 2.45) is 7.05 Å². The third kappa shape index (κ3) is 2.60. The fourth-order valence-corrected chi connectivity index (χ4v) is 5.34. The summed E-state index contributed by atoms with van der Waals surface area (Å²) in [6.45, 7) is 4.43. The molecule has 0 spiro atoms. The lowest BCUT2D eigenvalue weighted by Crippen LogP contribution is -2.26. The van der Waals surface area contributed by atoms with Crippen LogP contribution in [-0.2, 0) is 34.9 Å². The lowest BCUT2D eigenvalue weighted by atomic mass is 10.3. The van der Waals surface area contributed by atoms with Gasteiger partial charge in [0, 0.05) is 30.7 Å². The van der Waals surface area contributed by atoms with Gasteiger partial charge < -0.3 is 9.30 Å². The van der Waals surface area contributed by atoms with Crippen molar-refractivity contribution in [1.29, 1.82) is 0 Å². The van der Waals surface area contributed by atoms with Crippen LogP contribution in [-0.4, -0.2) is 29.9 Å². The molecular weight excluding hydrogens is 336 g/mol. The molecule has 0 saturated heterocycles. The summed E-state index contributed by atoms with van der Waals surface area (Å²) in [5.74, 6) is -0.514. The van der Waals surface area contributed by atoms with Crippen LogP contribution in [0.2, 0.25) is 0 Å². The maximum absolute atomic E-state index is 12.9. The molecule has 1 aliphatic rings. The van der Waals surface area contributed by atoms with Crippen LogP contribution in [0.15, 0.2) is 22.4 Å². The molecule has 0 aliphatic carbocycles. The van der Waals surface area contributed by atoms with Crippen LogP contribution in [0.4, 0.5) is 0 Å². The van der Waals surface area contributed by atoms with Crippen molar-refractivity contribution < 1.29 is 17.9 Å². The van der Waals surface area contributed by atoms with Crippen LogP contribution in [0, 0.1) is 6.92 Å². The number of ether oxygens (including phenoxy) is 1. The highest BCUT2D eigenvalue weighted by Crippen LogP contribution is 2.33. The van der Waals surface area contributed by atoms with Gasteiger partial charge in [-0.25, -0.2) is 13.2 Å².